The molecule has 0 radical (unpaired) electrons. The maximum Gasteiger partial charge on any atom is 0.0834 e. The second-order valence-corrected chi connectivity index (χ2v) is 3.67. The first kappa shape index (κ1) is 8.23. The topological polar surface area (TPSA) is 12.4 Å². The monoisotopic (exact) mass is 271 g/mol. The van der Waals surface area contributed by atoms with Crippen molar-refractivity contribution in [1.82, 2.24) is 0 Å². The van der Waals surface area contributed by atoms with Crippen LogP contribution in [0.2, 0.25) is 0 Å². The Kier molecular flexibility index (Phi) is 2.17. The molecule has 12 heavy (non-hydrogen) atoms. The largest absolute Gasteiger partial charge is 0.219 e. The predicted molar refractivity (Wildman–Crippen MR) is 60.1 cm³/mol. The second-order valence-electron chi connectivity index (χ2n) is 3.19. The summed E-state index contributed by atoms with van der Waals surface area (Å²) in [6, 6.07) is 6.62. The van der Waals surface area contributed by atoms with Crippen LogP contribution in [0, 0.1) is 6.92 Å². The quantitative estimate of drug-likeness (QED) is 0.643. The minimum Gasteiger partial charge on any atom is -0.219 e. The molecule has 0 bridgehead atoms. The maximum absolute atomic E-state index is 4.25. The van der Waals surface area contributed by atoms with E-state index in [-0.39, 0.29) is 0 Å². The van der Waals surface area contributed by atoms with Crippen molar-refractivity contribution in [3.05, 3.63) is 34.9 Å². The van der Waals surface area contributed by atoms with Gasteiger partial charge in [-0.3, -0.25) is 0 Å². The molecule has 1 aliphatic rings. The molecule has 2 rings (SSSR count). The Bertz CT molecular complexity index is 342. The average molecular weight is 271 g/mol. The SMILES string of the molecule is Cc1ccc2c(c1)CC/C2=N\I. The average Bonchev–Trinajstić information content (AvgIpc) is 2.46. The molecule has 1 aliphatic carbocycles. The molecule has 0 saturated heterocycles. The summed E-state index contributed by atoms with van der Waals surface area (Å²) in [6.07, 6.45) is 2.28. The Morgan fingerprint density at radius 1 is 1.33 bits per heavy atom. The minimum atomic E-state index is 1.11. The number of nitrogens with zero attached hydrogens (tertiary/aromatic N) is 1. The highest BCUT2D eigenvalue weighted by Crippen LogP contribution is 2.24. The molecule has 0 saturated carbocycles. The van der Waals surface area contributed by atoms with Crippen molar-refractivity contribution in [3.63, 3.8) is 0 Å². The Morgan fingerprint density at radius 3 is 2.92 bits per heavy atom. The Balaban J connectivity index is 2.55. The zero-order valence-electron chi connectivity index (χ0n) is 6.97. The third-order valence-corrected chi connectivity index (χ3v) is 2.89. The molecule has 1 nitrogen and oxygen atoms in total. The zero-order chi connectivity index (χ0) is 8.55. The van der Waals surface area contributed by atoms with Crippen molar-refractivity contribution in [2.45, 2.75) is 19.8 Å². The summed E-state index contributed by atoms with van der Waals surface area (Å²) in [6.45, 7) is 2.14. The molecule has 0 aliphatic heterocycles. The summed E-state index contributed by atoms with van der Waals surface area (Å²) >= 11 is 2.08. The van der Waals surface area contributed by atoms with Crippen molar-refractivity contribution < 1.29 is 0 Å². The number of aryl methyl sites for hydroxylation is 2. The standard InChI is InChI=1S/C10H10IN/c1-7-2-4-9-8(6-7)3-5-10(9)12-11/h2,4,6H,3,5H2,1H3/b12-10+. The molecule has 0 unspecified atom stereocenters. The van der Waals surface area contributed by atoms with Crippen LogP contribution in [0.3, 0.4) is 0 Å². The molecule has 0 spiro atoms. The number of halogens is 1. The lowest BCUT2D eigenvalue weighted by molar-refractivity contribution is 1.09. The van der Waals surface area contributed by atoms with Gasteiger partial charge in [-0.25, -0.2) is 3.21 Å². The van der Waals surface area contributed by atoms with Crippen LogP contribution in [-0.4, -0.2) is 5.71 Å². The first-order valence-corrected chi connectivity index (χ1v) is 5.05. The molecule has 0 amide bonds. The minimum absolute atomic E-state index is 1.11. The van der Waals surface area contributed by atoms with Crippen molar-refractivity contribution >= 4 is 28.6 Å². The Hall–Kier alpha value is -0.380. The van der Waals surface area contributed by atoms with Gasteiger partial charge in [-0.05, 0) is 30.9 Å². The molecule has 0 aromatic heterocycles. The number of hydrogen-bond acceptors (Lipinski definition) is 1. The van der Waals surface area contributed by atoms with E-state index in [0.29, 0.717) is 0 Å². The molecule has 0 heterocycles. The van der Waals surface area contributed by atoms with Gasteiger partial charge < -0.3 is 0 Å². The summed E-state index contributed by atoms with van der Waals surface area (Å²) < 4.78 is 4.25. The van der Waals surface area contributed by atoms with Crippen LogP contribution < -0.4 is 0 Å². The fourth-order valence-electron chi connectivity index (χ4n) is 1.69. The fraction of sp³-hybridized carbons (Fsp3) is 0.300. The van der Waals surface area contributed by atoms with E-state index >= 15 is 0 Å². The fourth-order valence-corrected chi connectivity index (χ4v) is 2.19. The van der Waals surface area contributed by atoms with Crippen molar-refractivity contribution in [2.24, 2.45) is 3.21 Å². The van der Waals surface area contributed by atoms with Gasteiger partial charge in [0.25, 0.3) is 0 Å². The third-order valence-electron chi connectivity index (χ3n) is 2.30. The number of hydrogen-bond donors (Lipinski definition) is 0. The second kappa shape index (κ2) is 3.17. The van der Waals surface area contributed by atoms with Crippen LogP contribution in [0.1, 0.15) is 23.1 Å². The van der Waals surface area contributed by atoms with E-state index in [4.69, 9.17) is 0 Å². The van der Waals surface area contributed by atoms with Gasteiger partial charge in [0, 0.05) is 0 Å². The van der Waals surface area contributed by atoms with E-state index in [1.807, 2.05) is 0 Å². The van der Waals surface area contributed by atoms with E-state index in [1.165, 1.54) is 28.8 Å². The molecular weight excluding hydrogens is 261 g/mol. The van der Waals surface area contributed by atoms with Crippen LogP contribution in [0.4, 0.5) is 0 Å². The van der Waals surface area contributed by atoms with E-state index < -0.39 is 0 Å². The van der Waals surface area contributed by atoms with Crippen LogP contribution in [-0.2, 0) is 6.42 Å². The molecule has 0 N–H and O–H groups in total. The number of rotatable bonds is 0. The van der Waals surface area contributed by atoms with Gasteiger partial charge in [0.2, 0.25) is 0 Å². The summed E-state index contributed by atoms with van der Waals surface area (Å²) in [4.78, 5) is 0. The highest BCUT2D eigenvalue weighted by Gasteiger charge is 2.16. The van der Waals surface area contributed by atoms with Crippen LogP contribution >= 0.6 is 22.9 Å². The molecule has 1 aromatic rings. The van der Waals surface area contributed by atoms with Gasteiger partial charge in [0.1, 0.15) is 0 Å². The molecule has 2 heteroatoms. The first-order chi connectivity index (χ1) is 5.81. The summed E-state index contributed by atoms with van der Waals surface area (Å²) in [5.41, 5.74) is 5.43. The smallest absolute Gasteiger partial charge is 0.0834 e. The van der Waals surface area contributed by atoms with Crippen molar-refractivity contribution in [2.75, 3.05) is 0 Å². The van der Waals surface area contributed by atoms with Gasteiger partial charge in [-0.15, -0.1) is 0 Å². The van der Waals surface area contributed by atoms with Gasteiger partial charge in [-0.2, -0.15) is 0 Å². The van der Waals surface area contributed by atoms with E-state index in [1.54, 1.807) is 0 Å². The first-order valence-electron chi connectivity index (χ1n) is 4.09. The molecule has 0 fully saturated rings. The Labute approximate surface area is 86.4 Å². The lowest BCUT2D eigenvalue weighted by atomic mass is 10.1. The highest BCUT2D eigenvalue weighted by atomic mass is 127. The van der Waals surface area contributed by atoms with Crippen molar-refractivity contribution in [1.29, 1.82) is 0 Å². The summed E-state index contributed by atoms with van der Waals surface area (Å²) in [5.74, 6) is 0. The molecule has 62 valence electrons. The third kappa shape index (κ3) is 1.28. The zero-order valence-corrected chi connectivity index (χ0v) is 9.13. The van der Waals surface area contributed by atoms with Crippen LogP contribution in [0.15, 0.2) is 21.4 Å². The molecule has 0 atom stereocenters. The molecule has 1 aromatic carbocycles. The lowest BCUT2D eigenvalue weighted by Crippen LogP contribution is -1.91. The predicted octanol–water partition coefficient (Wildman–Crippen LogP) is 3.08. The van der Waals surface area contributed by atoms with Gasteiger partial charge in [-0.1, -0.05) is 23.8 Å². The van der Waals surface area contributed by atoms with Crippen LogP contribution in [0.25, 0.3) is 0 Å². The van der Waals surface area contributed by atoms with Gasteiger partial charge >= 0.3 is 0 Å². The number of benzene rings is 1. The van der Waals surface area contributed by atoms with E-state index in [9.17, 15) is 0 Å². The van der Waals surface area contributed by atoms with Crippen molar-refractivity contribution in [3.8, 4) is 0 Å². The van der Waals surface area contributed by atoms with E-state index in [2.05, 4.69) is 51.2 Å². The number of fused-ring (bicyclic) bond motifs is 1. The van der Waals surface area contributed by atoms with Gasteiger partial charge in [0.05, 0.1) is 28.6 Å². The summed E-state index contributed by atoms with van der Waals surface area (Å²) in [7, 11) is 0. The molecular formula is C10H10IN. The lowest BCUT2D eigenvalue weighted by Gasteiger charge is -1.99. The maximum atomic E-state index is 4.25. The highest BCUT2D eigenvalue weighted by molar-refractivity contribution is 14.1. The summed E-state index contributed by atoms with van der Waals surface area (Å²) in [5, 5.41) is 0. The van der Waals surface area contributed by atoms with E-state index in [0.717, 1.165) is 6.42 Å². The van der Waals surface area contributed by atoms with Crippen LogP contribution in [0.5, 0.6) is 0 Å². The Morgan fingerprint density at radius 2 is 2.17 bits per heavy atom. The normalized spacial score (nSPS) is 18.3. The van der Waals surface area contributed by atoms with Gasteiger partial charge in [0.15, 0.2) is 0 Å².